The number of aromatic nitrogens is 4. The quantitative estimate of drug-likeness (QED) is 0.0713. The van der Waals surface area contributed by atoms with E-state index in [0.717, 1.165) is 27.8 Å². The van der Waals surface area contributed by atoms with Crippen LogP contribution in [-0.2, 0) is 35.4 Å². The zero-order chi connectivity index (χ0) is 42.0. The molecule has 15 heteroatoms. The van der Waals surface area contributed by atoms with Crippen LogP contribution in [0.4, 0.5) is 0 Å². The highest BCUT2D eigenvalue weighted by Crippen LogP contribution is 2.44. The Hall–Kier alpha value is -6.12. The Labute approximate surface area is 345 Å². The second kappa shape index (κ2) is 17.2. The zero-order valence-electron chi connectivity index (χ0n) is 33.2. The molecule has 2 unspecified atom stereocenters. The third-order valence-corrected chi connectivity index (χ3v) is 11.3. The van der Waals surface area contributed by atoms with Gasteiger partial charge in [-0.2, -0.15) is 4.98 Å². The van der Waals surface area contributed by atoms with Crippen molar-refractivity contribution in [3.05, 3.63) is 176 Å². The molecule has 3 heterocycles. The van der Waals surface area contributed by atoms with E-state index < -0.39 is 49.7 Å². The summed E-state index contributed by atoms with van der Waals surface area (Å²) in [5.74, 6) is 1.31. The van der Waals surface area contributed by atoms with E-state index in [9.17, 15) is 19.0 Å². The molecule has 1 fully saturated rings. The van der Waals surface area contributed by atoms with Gasteiger partial charge in [0.05, 0.1) is 38.4 Å². The first-order valence-electron chi connectivity index (χ1n) is 19.2. The van der Waals surface area contributed by atoms with Gasteiger partial charge in [-0.25, -0.2) is 9.78 Å². The number of rotatable bonds is 13. The number of nitrogens with zero attached hydrogens (tertiary/aromatic N) is 3. The molecule has 0 radical (unpaired) electrons. The zero-order valence-corrected chi connectivity index (χ0v) is 34.1. The van der Waals surface area contributed by atoms with Crippen molar-refractivity contribution in [1.29, 1.82) is 0 Å². The first-order valence-corrected chi connectivity index (χ1v) is 20.3. The molecular weight excluding hydrogens is 787 g/mol. The summed E-state index contributed by atoms with van der Waals surface area (Å²) in [6, 6.07) is 37.8. The van der Waals surface area contributed by atoms with Crippen LogP contribution in [0.25, 0.3) is 22.6 Å². The van der Waals surface area contributed by atoms with Crippen molar-refractivity contribution in [2.24, 2.45) is 0 Å². The van der Waals surface area contributed by atoms with Crippen LogP contribution in [0, 0.1) is 13.8 Å². The minimum absolute atomic E-state index is 0.00731. The average Bonchev–Trinajstić information content (AvgIpc) is 3.26. The van der Waals surface area contributed by atoms with Gasteiger partial charge in [-0.1, -0.05) is 84.9 Å². The SMILES string of the molecule is COc1ccc(C(OC[C@H]2OC(c3ccccc3)O[C@@H](Cn3c4nc(=O)[nH]c(=O)c-4nc4cc(C)c(C)cc43)[C@@H]2O[P+](=O)O)(c2ccccc2)c2ccc(OC)cc2)cc1. The van der Waals surface area contributed by atoms with E-state index in [1.807, 2.05) is 135 Å². The molecule has 0 bridgehead atoms. The Morgan fingerprint density at radius 3 is 1.93 bits per heavy atom. The molecule has 5 aromatic rings. The van der Waals surface area contributed by atoms with E-state index in [1.54, 1.807) is 18.8 Å². The molecule has 306 valence electrons. The predicted molar refractivity (Wildman–Crippen MR) is 222 cm³/mol. The van der Waals surface area contributed by atoms with Crippen molar-refractivity contribution < 1.29 is 37.7 Å². The number of benzene rings is 5. The molecular formula is C45H42N4O10P+. The lowest BCUT2D eigenvalue weighted by atomic mass is 9.80. The van der Waals surface area contributed by atoms with Crippen LogP contribution < -0.4 is 20.7 Å². The van der Waals surface area contributed by atoms with Crippen molar-refractivity contribution in [2.45, 2.75) is 50.6 Å². The van der Waals surface area contributed by atoms with Crippen LogP contribution in [0.15, 0.2) is 131 Å². The number of hydrogen-bond acceptors (Lipinski definition) is 11. The normalized spacial score (nSPS) is 18.4. The van der Waals surface area contributed by atoms with Gasteiger partial charge in [0.15, 0.2) is 23.9 Å². The van der Waals surface area contributed by atoms with Crippen molar-refractivity contribution in [1.82, 2.24) is 19.5 Å². The largest absolute Gasteiger partial charge is 0.695 e. The van der Waals surface area contributed by atoms with Crippen LogP contribution in [-0.4, -0.2) is 63.6 Å². The van der Waals surface area contributed by atoms with E-state index in [-0.39, 0.29) is 24.7 Å². The molecule has 0 amide bonds. The highest BCUT2D eigenvalue weighted by Gasteiger charge is 2.48. The second-order valence-electron chi connectivity index (χ2n) is 14.4. The Balaban J connectivity index is 1.28. The summed E-state index contributed by atoms with van der Waals surface area (Å²) in [5.41, 5.74) is 2.95. The van der Waals surface area contributed by atoms with Gasteiger partial charge in [-0.15, -0.1) is 9.42 Å². The minimum atomic E-state index is -3.23. The predicted octanol–water partition coefficient (Wildman–Crippen LogP) is 6.75. The number of fused-ring (bicyclic) bond motifs is 2. The summed E-state index contributed by atoms with van der Waals surface area (Å²) in [6.45, 7) is 3.57. The van der Waals surface area contributed by atoms with Crippen LogP contribution in [0.5, 0.6) is 11.5 Å². The van der Waals surface area contributed by atoms with Gasteiger partial charge in [0, 0.05) is 10.1 Å². The summed E-state index contributed by atoms with van der Waals surface area (Å²) < 4.78 is 51.9. The van der Waals surface area contributed by atoms with E-state index >= 15 is 0 Å². The fourth-order valence-electron chi connectivity index (χ4n) is 7.73. The van der Waals surface area contributed by atoms with Gasteiger partial charge in [0.1, 0.15) is 29.3 Å². The molecule has 0 spiro atoms. The van der Waals surface area contributed by atoms with Crippen LogP contribution in [0.1, 0.15) is 39.7 Å². The fourth-order valence-corrected chi connectivity index (χ4v) is 8.21. The van der Waals surface area contributed by atoms with Gasteiger partial charge < -0.3 is 28.3 Å². The van der Waals surface area contributed by atoms with E-state index in [0.29, 0.717) is 28.1 Å². The standard InChI is InChI=1S/C45H41N4O10P/c1-27-23-35-36(24-28(27)2)49(41-39(46-35)42(50)48-44(51)47-41)25-37-40(59-60(52)53)38(58-43(57-37)29-11-7-5-8-12-29)26-56-45(30-13-9-6-10-14-30,31-15-19-33(54-3)20-16-31)32-17-21-34(55-4)22-18-32/h5-24,37-38,40,43H,25-26H2,1-4H3,(H-,48,50,51,52,53)/p+1/t37-,38+,40-,43?/m0/s1. The monoisotopic (exact) mass is 829 g/mol. The van der Waals surface area contributed by atoms with Gasteiger partial charge in [-0.05, 0) is 78.1 Å². The Morgan fingerprint density at radius 1 is 0.767 bits per heavy atom. The second-order valence-corrected chi connectivity index (χ2v) is 15.1. The maximum atomic E-state index is 13.2. The molecule has 2 N–H and O–H groups in total. The molecule has 0 saturated carbocycles. The van der Waals surface area contributed by atoms with E-state index in [1.165, 1.54) is 0 Å². The van der Waals surface area contributed by atoms with Crippen LogP contribution >= 0.6 is 8.25 Å². The van der Waals surface area contributed by atoms with Crippen LogP contribution in [0.2, 0.25) is 0 Å². The third-order valence-electron chi connectivity index (χ3n) is 10.8. The number of aromatic amines is 1. The number of H-pyrrole nitrogens is 1. The topological polar surface area (TPSA) is 173 Å². The van der Waals surface area contributed by atoms with Crippen molar-refractivity contribution >= 4 is 19.3 Å². The van der Waals surface area contributed by atoms with Crippen molar-refractivity contribution in [2.75, 3.05) is 20.8 Å². The molecule has 60 heavy (non-hydrogen) atoms. The molecule has 8 rings (SSSR count). The summed E-state index contributed by atoms with van der Waals surface area (Å²) in [7, 11) is -0.0326. The summed E-state index contributed by atoms with van der Waals surface area (Å²) >= 11 is 0. The molecule has 3 aliphatic rings. The highest BCUT2D eigenvalue weighted by atomic mass is 31.1. The van der Waals surface area contributed by atoms with E-state index in [4.69, 9.17) is 28.2 Å². The smallest absolute Gasteiger partial charge is 0.497 e. The maximum absolute atomic E-state index is 13.2. The lowest BCUT2D eigenvalue weighted by Crippen LogP contribution is -2.52. The number of methoxy groups -OCH3 is 2. The Kier molecular flexibility index (Phi) is 11.7. The molecule has 5 atom stereocenters. The average molecular weight is 830 g/mol. The Bertz CT molecular complexity index is 2660. The first-order chi connectivity index (χ1) is 29.1. The molecule has 14 nitrogen and oxygen atoms in total. The van der Waals surface area contributed by atoms with Gasteiger partial charge in [-0.3, -0.25) is 9.78 Å². The Morgan fingerprint density at radius 2 is 1.33 bits per heavy atom. The minimum Gasteiger partial charge on any atom is -0.497 e. The van der Waals surface area contributed by atoms with E-state index in [2.05, 4.69) is 15.0 Å². The summed E-state index contributed by atoms with van der Waals surface area (Å²) in [6.07, 6.45) is -4.35. The summed E-state index contributed by atoms with van der Waals surface area (Å²) in [5, 5.41) is 0. The number of aryl methyl sites for hydroxylation is 2. The van der Waals surface area contributed by atoms with Gasteiger partial charge in [0.2, 0.25) is 0 Å². The van der Waals surface area contributed by atoms with Gasteiger partial charge >= 0.3 is 13.9 Å². The maximum Gasteiger partial charge on any atom is 0.695 e. The molecule has 0 aromatic heterocycles. The molecule has 0 aliphatic carbocycles. The first kappa shape index (κ1) is 40.7. The van der Waals surface area contributed by atoms with Crippen molar-refractivity contribution in [3.8, 4) is 23.0 Å². The number of hydrogen-bond donors (Lipinski definition) is 2. The third kappa shape index (κ3) is 7.96. The molecule has 5 aromatic carbocycles. The highest BCUT2D eigenvalue weighted by molar-refractivity contribution is 7.32. The fraction of sp³-hybridized carbons (Fsp3) is 0.244. The van der Waals surface area contributed by atoms with Crippen molar-refractivity contribution in [3.63, 3.8) is 0 Å². The number of ether oxygens (including phenoxy) is 5. The van der Waals surface area contributed by atoms with Gasteiger partial charge in [0.25, 0.3) is 5.56 Å². The lowest BCUT2D eigenvalue weighted by Gasteiger charge is -2.42. The number of nitrogens with one attached hydrogen (secondary N) is 1. The lowest BCUT2D eigenvalue weighted by molar-refractivity contribution is -0.296. The molecule has 3 aliphatic heterocycles. The van der Waals surface area contributed by atoms with Crippen LogP contribution in [0.3, 0.4) is 0 Å². The molecule has 1 saturated heterocycles. The summed E-state index contributed by atoms with van der Waals surface area (Å²) in [4.78, 5) is 47.3.